The number of halogens is 1. The van der Waals surface area contributed by atoms with Crippen LogP contribution in [0, 0.1) is 0 Å². The van der Waals surface area contributed by atoms with Crippen molar-refractivity contribution >= 4 is 17.4 Å². The Hall–Kier alpha value is -1.48. The van der Waals surface area contributed by atoms with Gasteiger partial charge in [-0.15, -0.1) is 0 Å². The summed E-state index contributed by atoms with van der Waals surface area (Å²) in [6.07, 6.45) is 4.13. The maximum atomic E-state index is 5.93. The Balaban J connectivity index is 1.85. The maximum Gasteiger partial charge on any atom is 0.131 e. The fourth-order valence-electron chi connectivity index (χ4n) is 1.91. The molecule has 0 bridgehead atoms. The number of nitrogens with zero attached hydrogens (tertiary/aromatic N) is 2. The fraction of sp³-hybridized carbons (Fsp3) is 0.308. The lowest BCUT2D eigenvalue weighted by Gasteiger charge is -2.22. The van der Waals surface area contributed by atoms with E-state index in [1.165, 1.54) is 12.8 Å². The van der Waals surface area contributed by atoms with Crippen molar-refractivity contribution in [2.75, 3.05) is 4.90 Å². The lowest BCUT2D eigenvalue weighted by molar-refractivity contribution is 0.500. The van der Waals surface area contributed by atoms with E-state index in [1.54, 1.807) is 12.3 Å². The van der Waals surface area contributed by atoms with Crippen molar-refractivity contribution in [3.8, 4) is 0 Å². The second-order valence-electron chi connectivity index (χ2n) is 4.26. The highest BCUT2D eigenvalue weighted by Gasteiger charge is 2.30. The molecule has 0 N–H and O–H groups in total. The molecule has 0 aliphatic heterocycles. The molecular weight excluding hydrogens is 236 g/mol. The minimum absolute atomic E-state index is 0.535. The first-order valence-corrected chi connectivity index (χ1v) is 6.12. The van der Waals surface area contributed by atoms with E-state index in [9.17, 15) is 0 Å². The highest BCUT2D eigenvalue weighted by Crippen LogP contribution is 2.32. The fourth-order valence-corrected chi connectivity index (χ4v) is 2.07. The van der Waals surface area contributed by atoms with Crippen LogP contribution in [-0.4, -0.2) is 11.0 Å². The number of pyridine rings is 1. The second kappa shape index (κ2) is 4.41. The van der Waals surface area contributed by atoms with E-state index < -0.39 is 0 Å². The smallest absolute Gasteiger partial charge is 0.131 e. The van der Waals surface area contributed by atoms with Crippen LogP contribution in [0.4, 0.5) is 5.82 Å². The zero-order valence-corrected chi connectivity index (χ0v) is 10.1. The largest absolute Gasteiger partial charge is 0.467 e. The van der Waals surface area contributed by atoms with Crippen molar-refractivity contribution < 1.29 is 4.42 Å². The summed E-state index contributed by atoms with van der Waals surface area (Å²) >= 11 is 5.93. The van der Waals surface area contributed by atoms with Crippen LogP contribution in [0.3, 0.4) is 0 Å². The minimum Gasteiger partial charge on any atom is -0.467 e. The van der Waals surface area contributed by atoms with E-state index >= 15 is 0 Å². The zero-order valence-electron chi connectivity index (χ0n) is 9.34. The predicted octanol–water partition coefficient (Wildman–Crippen LogP) is 3.50. The summed E-state index contributed by atoms with van der Waals surface area (Å²) < 4.78 is 5.39. The lowest BCUT2D eigenvalue weighted by Crippen LogP contribution is -2.25. The number of anilines is 1. The van der Waals surface area contributed by atoms with Crippen molar-refractivity contribution in [3.05, 3.63) is 47.5 Å². The molecule has 0 spiro atoms. The number of furan rings is 1. The van der Waals surface area contributed by atoms with Gasteiger partial charge in [-0.3, -0.25) is 0 Å². The summed E-state index contributed by atoms with van der Waals surface area (Å²) in [5, 5.41) is 0.535. The molecule has 2 aromatic heterocycles. The van der Waals surface area contributed by atoms with E-state index in [-0.39, 0.29) is 0 Å². The van der Waals surface area contributed by atoms with Gasteiger partial charge in [0, 0.05) is 6.04 Å². The normalized spacial score (nSPS) is 14.9. The summed E-state index contributed by atoms with van der Waals surface area (Å²) in [6.45, 7) is 0.755. The summed E-state index contributed by atoms with van der Waals surface area (Å²) in [5.74, 6) is 1.88. The van der Waals surface area contributed by atoms with Crippen LogP contribution in [0.2, 0.25) is 5.15 Å². The first-order chi connectivity index (χ1) is 8.33. The Kier molecular flexibility index (Phi) is 2.77. The zero-order chi connectivity index (χ0) is 11.7. The summed E-state index contributed by atoms with van der Waals surface area (Å²) in [4.78, 5) is 6.62. The van der Waals surface area contributed by atoms with Crippen LogP contribution >= 0.6 is 11.6 Å². The van der Waals surface area contributed by atoms with E-state index in [1.807, 2.05) is 24.3 Å². The molecule has 0 saturated heterocycles. The summed E-state index contributed by atoms with van der Waals surface area (Å²) in [5.41, 5.74) is 0. The third kappa shape index (κ3) is 2.44. The standard InChI is InChI=1S/C13H13ClN2O/c14-12-4-1-5-13(15-12)16(10-6-7-10)9-11-3-2-8-17-11/h1-5,8,10H,6-7,9H2. The number of rotatable bonds is 4. The molecule has 1 aliphatic rings. The quantitative estimate of drug-likeness (QED) is 0.776. The van der Waals surface area contributed by atoms with Crippen LogP contribution in [0.25, 0.3) is 0 Å². The van der Waals surface area contributed by atoms with Crippen molar-refractivity contribution in [2.45, 2.75) is 25.4 Å². The highest BCUT2D eigenvalue weighted by molar-refractivity contribution is 6.29. The van der Waals surface area contributed by atoms with Crippen LogP contribution in [0.1, 0.15) is 18.6 Å². The summed E-state index contributed by atoms with van der Waals surface area (Å²) in [7, 11) is 0. The third-order valence-corrected chi connectivity index (χ3v) is 3.10. The van der Waals surface area contributed by atoms with Gasteiger partial charge in [0.15, 0.2) is 0 Å². The third-order valence-electron chi connectivity index (χ3n) is 2.89. The Morgan fingerprint density at radius 1 is 1.29 bits per heavy atom. The molecule has 1 fully saturated rings. The Morgan fingerprint density at radius 3 is 2.82 bits per heavy atom. The topological polar surface area (TPSA) is 29.3 Å². The Labute approximate surface area is 105 Å². The van der Waals surface area contributed by atoms with Gasteiger partial charge >= 0.3 is 0 Å². The maximum absolute atomic E-state index is 5.93. The van der Waals surface area contributed by atoms with E-state index in [4.69, 9.17) is 16.0 Å². The first kappa shape index (κ1) is 10.7. The molecule has 0 atom stereocenters. The van der Waals surface area contributed by atoms with Crippen molar-refractivity contribution in [2.24, 2.45) is 0 Å². The van der Waals surface area contributed by atoms with Gasteiger partial charge in [0.2, 0.25) is 0 Å². The van der Waals surface area contributed by atoms with Crippen LogP contribution in [0.5, 0.6) is 0 Å². The molecule has 17 heavy (non-hydrogen) atoms. The molecule has 2 heterocycles. The minimum atomic E-state index is 0.535. The Bertz CT molecular complexity index is 494. The highest BCUT2D eigenvalue weighted by atomic mass is 35.5. The Morgan fingerprint density at radius 2 is 2.18 bits per heavy atom. The summed E-state index contributed by atoms with van der Waals surface area (Å²) in [6, 6.07) is 10.2. The molecule has 0 amide bonds. The number of hydrogen-bond donors (Lipinski definition) is 0. The monoisotopic (exact) mass is 248 g/mol. The van der Waals surface area contributed by atoms with Gasteiger partial charge in [0.1, 0.15) is 16.7 Å². The lowest BCUT2D eigenvalue weighted by atomic mass is 10.3. The van der Waals surface area contributed by atoms with Crippen LogP contribution in [0.15, 0.2) is 41.0 Å². The van der Waals surface area contributed by atoms with Gasteiger partial charge in [-0.05, 0) is 37.1 Å². The average molecular weight is 249 g/mol. The number of aromatic nitrogens is 1. The van der Waals surface area contributed by atoms with Crippen LogP contribution in [-0.2, 0) is 6.54 Å². The van der Waals surface area contributed by atoms with Gasteiger partial charge in [0.05, 0.1) is 12.8 Å². The molecule has 3 rings (SSSR count). The molecule has 0 unspecified atom stereocenters. The van der Waals surface area contributed by atoms with Crippen molar-refractivity contribution in [1.29, 1.82) is 0 Å². The van der Waals surface area contributed by atoms with Crippen molar-refractivity contribution in [3.63, 3.8) is 0 Å². The average Bonchev–Trinajstić information content (AvgIpc) is 3.03. The van der Waals surface area contributed by atoms with Gasteiger partial charge in [-0.2, -0.15) is 0 Å². The molecule has 1 saturated carbocycles. The molecule has 0 aromatic carbocycles. The number of hydrogen-bond acceptors (Lipinski definition) is 3. The molecular formula is C13H13ClN2O. The van der Waals surface area contributed by atoms with Gasteiger partial charge in [0.25, 0.3) is 0 Å². The molecule has 4 heteroatoms. The molecule has 3 nitrogen and oxygen atoms in total. The molecule has 2 aromatic rings. The molecule has 88 valence electrons. The van der Waals surface area contributed by atoms with E-state index in [2.05, 4.69) is 9.88 Å². The van der Waals surface area contributed by atoms with E-state index in [0.29, 0.717) is 11.2 Å². The van der Waals surface area contributed by atoms with E-state index in [0.717, 1.165) is 18.1 Å². The first-order valence-electron chi connectivity index (χ1n) is 5.74. The van der Waals surface area contributed by atoms with Gasteiger partial charge in [-0.25, -0.2) is 4.98 Å². The molecule has 0 radical (unpaired) electrons. The second-order valence-corrected chi connectivity index (χ2v) is 4.64. The van der Waals surface area contributed by atoms with Crippen LogP contribution < -0.4 is 4.90 Å². The van der Waals surface area contributed by atoms with Gasteiger partial charge in [-0.1, -0.05) is 17.7 Å². The SMILES string of the molecule is Clc1cccc(N(Cc2ccco2)C2CC2)n1. The van der Waals surface area contributed by atoms with Crippen molar-refractivity contribution in [1.82, 2.24) is 4.98 Å². The predicted molar refractivity (Wildman–Crippen MR) is 67.2 cm³/mol. The molecule has 1 aliphatic carbocycles. The van der Waals surface area contributed by atoms with Gasteiger partial charge < -0.3 is 9.32 Å².